The maximum Gasteiger partial charge on any atom is 0.337 e. The first kappa shape index (κ1) is 16.3. The van der Waals surface area contributed by atoms with Crippen LogP contribution in [0.2, 0.25) is 0 Å². The van der Waals surface area contributed by atoms with Crippen molar-refractivity contribution in [3.05, 3.63) is 64.4 Å². The van der Waals surface area contributed by atoms with E-state index in [1.54, 1.807) is 42.5 Å². The molecule has 1 heterocycles. The Morgan fingerprint density at radius 1 is 1.16 bits per heavy atom. The number of carbonyl (C=O) groups is 2. The van der Waals surface area contributed by atoms with E-state index >= 15 is 0 Å². The fourth-order valence-corrected chi connectivity index (χ4v) is 2.31. The zero-order valence-corrected chi connectivity index (χ0v) is 13.3. The monoisotopic (exact) mass is 338 g/mol. The normalized spacial score (nSPS) is 10.4. The molecule has 0 atom stereocenters. The molecule has 3 rings (SSSR count). The molecule has 0 spiro atoms. The van der Waals surface area contributed by atoms with E-state index in [9.17, 15) is 14.4 Å². The molecule has 0 bridgehead atoms. The van der Waals surface area contributed by atoms with Crippen LogP contribution in [0.25, 0.3) is 10.9 Å². The zero-order valence-electron chi connectivity index (χ0n) is 13.3. The average Bonchev–Trinajstić information content (AvgIpc) is 2.64. The minimum absolute atomic E-state index is 0.293. The summed E-state index contributed by atoms with van der Waals surface area (Å²) in [6, 6.07) is 13.1. The van der Waals surface area contributed by atoms with Crippen molar-refractivity contribution in [2.24, 2.45) is 0 Å². The number of fused-ring (bicyclic) bond motifs is 1. The molecule has 2 aromatic carbocycles. The molecule has 3 aromatic rings. The van der Waals surface area contributed by atoms with Crippen LogP contribution in [0.1, 0.15) is 10.4 Å². The van der Waals surface area contributed by atoms with Crippen molar-refractivity contribution in [3.8, 4) is 0 Å². The number of ether oxygens (including phenoxy) is 1. The molecule has 1 N–H and O–H groups in total. The second-order valence-corrected chi connectivity index (χ2v) is 5.19. The predicted octanol–water partition coefficient (Wildman–Crippen LogP) is 1.22. The Kier molecular flexibility index (Phi) is 4.51. The molecule has 0 fully saturated rings. The van der Waals surface area contributed by atoms with Gasteiger partial charge in [0, 0.05) is 5.69 Å². The second kappa shape index (κ2) is 6.91. The Labute approximate surface area is 142 Å². The molecule has 0 saturated carbocycles. The van der Waals surface area contributed by atoms with Crippen LogP contribution in [0.4, 0.5) is 5.69 Å². The number of amides is 1. The third-order valence-corrected chi connectivity index (χ3v) is 3.49. The molecule has 8 heteroatoms. The summed E-state index contributed by atoms with van der Waals surface area (Å²) in [7, 11) is 1.28. The van der Waals surface area contributed by atoms with E-state index in [4.69, 9.17) is 0 Å². The number of aromatic nitrogens is 3. The molecule has 0 aliphatic heterocycles. The van der Waals surface area contributed by atoms with Crippen molar-refractivity contribution in [2.45, 2.75) is 6.54 Å². The van der Waals surface area contributed by atoms with Crippen LogP contribution in [0.5, 0.6) is 0 Å². The summed E-state index contributed by atoms with van der Waals surface area (Å²) in [6.45, 7) is -0.293. The maximum atomic E-state index is 12.3. The standard InChI is InChI=1S/C17H14N4O4/c1-25-17(24)11-5-4-6-12(9-11)18-15(22)10-21-16(23)13-7-2-3-8-14(13)19-20-21/h2-9H,10H2,1H3,(H,18,22). The molecular weight excluding hydrogens is 324 g/mol. The number of anilines is 1. The Morgan fingerprint density at radius 2 is 1.96 bits per heavy atom. The third-order valence-electron chi connectivity index (χ3n) is 3.49. The van der Waals surface area contributed by atoms with Gasteiger partial charge >= 0.3 is 5.97 Å². The van der Waals surface area contributed by atoms with Crippen molar-refractivity contribution in [2.75, 3.05) is 12.4 Å². The van der Waals surface area contributed by atoms with Crippen LogP contribution in [-0.4, -0.2) is 34.0 Å². The molecule has 8 nitrogen and oxygen atoms in total. The molecule has 0 unspecified atom stereocenters. The lowest BCUT2D eigenvalue weighted by molar-refractivity contribution is -0.117. The number of hydrogen-bond acceptors (Lipinski definition) is 6. The van der Waals surface area contributed by atoms with E-state index < -0.39 is 17.4 Å². The largest absolute Gasteiger partial charge is 0.465 e. The average molecular weight is 338 g/mol. The highest BCUT2D eigenvalue weighted by Crippen LogP contribution is 2.11. The van der Waals surface area contributed by atoms with Gasteiger partial charge in [-0.25, -0.2) is 9.48 Å². The summed E-state index contributed by atoms with van der Waals surface area (Å²) >= 11 is 0. The van der Waals surface area contributed by atoms with Gasteiger partial charge in [0.15, 0.2) is 0 Å². The molecule has 0 radical (unpaired) electrons. The van der Waals surface area contributed by atoms with E-state index in [0.717, 1.165) is 4.68 Å². The second-order valence-electron chi connectivity index (χ2n) is 5.19. The highest BCUT2D eigenvalue weighted by Gasteiger charge is 2.11. The van der Waals surface area contributed by atoms with E-state index in [0.29, 0.717) is 22.2 Å². The molecule has 0 aliphatic carbocycles. The fraction of sp³-hybridized carbons (Fsp3) is 0.118. The Hall–Kier alpha value is -3.55. The van der Waals surface area contributed by atoms with Crippen LogP contribution in [0, 0.1) is 0 Å². The summed E-state index contributed by atoms with van der Waals surface area (Å²) in [6.07, 6.45) is 0. The van der Waals surface area contributed by atoms with Gasteiger partial charge in [0.25, 0.3) is 5.56 Å². The molecule has 1 amide bonds. The number of nitrogens with one attached hydrogen (secondary N) is 1. The smallest absolute Gasteiger partial charge is 0.337 e. The van der Waals surface area contributed by atoms with Gasteiger partial charge in [-0.1, -0.05) is 23.4 Å². The van der Waals surface area contributed by atoms with E-state index in [1.807, 2.05) is 0 Å². The number of nitrogens with zero attached hydrogens (tertiary/aromatic N) is 3. The van der Waals surface area contributed by atoms with Gasteiger partial charge in [-0.3, -0.25) is 9.59 Å². The van der Waals surface area contributed by atoms with E-state index in [1.165, 1.54) is 13.2 Å². The topological polar surface area (TPSA) is 103 Å². The number of methoxy groups -OCH3 is 1. The first-order chi connectivity index (χ1) is 12.1. The van der Waals surface area contributed by atoms with Crippen molar-refractivity contribution in [1.82, 2.24) is 15.0 Å². The molecule has 1 aromatic heterocycles. The number of carbonyl (C=O) groups excluding carboxylic acids is 2. The lowest BCUT2D eigenvalue weighted by atomic mass is 10.2. The zero-order chi connectivity index (χ0) is 17.8. The van der Waals surface area contributed by atoms with E-state index in [-0.39, 0.29) is 6.54 Å². The van der Waals surface area contributed by atoms with Crippen LogP contribution < -0.4 is 10.9 Å². The SMILES string of the molecule is COC(=O)c1cccc(NC(=O)Cn2nnc3ccccc3c2=O)c1. The van der Waals surface area contributed by atoms with Crippen molar-refractivity contribution in [3.63, 3.8) is 0 Å². The number of rotatable bonds is 4. The number of esters is 1. The molecule has 25 heavy (non-hydrogen) atoms. The van der Waals surface area contributed by atoms with Crippen LogP contribution >= 0.6 is 0 Å². The van der Waals surface area contributed by atoms with Gasteiger partial charge in [0.2, 0.25) is 5.91 Å². The predicted molar refractivity (Wildman–Crippen MR) is 90.2 cm³/mol. The quantitative estimate of drug-likeness (QED) is 0.717. The lowest BCUT2D eigenvalue weighted by Gasteiger charge is -2.08. The minimum Gasteiger partial charge on any atom is -0.465 e. The van der Waals surface area contributed by atoms with Crippen molar-refractivity contribution < 1.29 is 14.3 Å². The van der Waals surface area contributed by atoms with Gasteiger partial charge in [-0.15, -0.1) is 5.10 Å². The van der Waals surface area contributed by atoms with Crippen LogP contribution in [-0.2, 0) is 16.1 Å². The van der Waals surface area contributed by atoms with Crippen LogP contribution in [0.3, 0.4) is 0 Å². The minimum atomic E-state index is -0.507. The fourth-order valence-electron chi connectivity index (χ4n) is 2.31. The highest BCUT2D eigenvalue weighted by molar-refractivity contribution is 5.94. The lowest BCUT2D eigenvalue weighted by Crippen LogP contribution is -2.30. The van der Waals surface area contributed by atoms with Gasteiger partial charge < -0.3 is 10.1 Å². The Balaban J connectivity index is 1.78. The summed E-state index contributed by atoms with van der Waals surface area (Å²) in [5, 5.41) is 10.7. The number of benzene rings is 2. The summed E-state index contributed by atoms with van der Waals surface area (Å²) in [5.74, 6) is -0.971. The van der Waals surface area contributed by atoms with Gasteiger partial charge in [0.1, 0.15) is 12.1 Å². The van der Waals surface area contributed by atoms with Crippen molar-refractivity contribution in [1.29, 1.82) is 0 Å². The molecule has 0 saturated heterocycles. The molecule has 0 aliphatic rings. The Bertz CT molecular complexity index is 1010. The number of hydrogen-bond donors (Lipinski definition) is 1. The van der Waals surface area contributed by atoms with E-state index in [2.05, 4.69) is 20.4 Å². The van der Waals surface area contributed by atoms with Gasteiger partial charge in [-0.05, 0) is 30.3 Å². The third kappa shape index (κ3) is 3.52. The highest BCUT2D eigenvalue weighted by atomic mass is 16.5. The summed E-state index contributed by atoms with van der Waals surface area (Å²) in [5.41, 5.74) is 0.789. The Morgan fingerprint density at radius 3 is 2.76 bits per heavy atom. The summed E-state index contributed by atoms with van der Waals surface area (Å²) < 4.78 is 5.62. The van der Waals surface area contributed by atoms with Gasteiger partial charge in [0.05, 0.1) is 18.1 Å². The first-order valence-corrected chi connectivity index (χ1v) is 7.39. The maximum absolute atomic E-state index is 12.3. The molecule has 126 valence electrons. The first-order valence-electron chi connectivity index (χ1n) is 7.39. The molecular formula is C17H14N4O4. The van der Waals surface area contributed by atoms with Gasteiger partial charge in [-0.2, -0.15) is 0 Å². The summed E-state index contributed by atoms with van der Waals surface area (Å²) in [4.78, 5) is 36.0. The van der Waals surface area contributed by atoms with Crippen LogP contribution in [0.15, 0.2) is 53.3 Å². The van der Waals surface area contributed by atoms with Crippen molar-refractivity contribution >= 4 is 28.5 Å².